The molecule has 2 heterocycles. The highest BCUT2D eigenvalue weighted by Crippen LogP contribution is 2.45. The highest BCUT2D eigenvalue weighted by molar-refractivity contribution is 8.09. The summed E-state index contributed by atoms with van der Waals surface area (Å²) in [7, 11) is 0. The third-order valence-electron chi connectivity index (χ3n) is 2.75. The van der Waals surface area contributed by atoms with E-state index in [9.17, 15) is 0 Å². The summed E-state index contributed by atoms with van der Waals surface area (Å²) in [6.45, 7) is 0. The zero-order valence-corrected chi connectivity index (χ0v) is 11.8. The lowest BCUT2D eigenvalue weighted by Gasteiger charge is -2.16. The predicted molar refractivity (Wildman–Crippen MR) is 82.4 cm³/mol. The fraction of sp³-hybridized carbons (Fsp3) is 0.143. The summed E-state index contributed by atoms with van der Waals surface area (Å²) < 4.78 is 0. The van der Waals surface area contributed by atoms with Gasteiger partial charge in [-0.3, -0.25) is 5.73 Å². The van der Waals surface area contributed by atoms with E-state index >= 15 is 0 Å². The molecule has 0 radical (unpaired) electrons. The molecule has 19 heavy (non-hydrogen) atoms. The van der Waals surface area contributed by atoms with Gasteiger partial charge in [-0.25, -0.2) is 0 Å². The lowest BCUT2D eigenvalue weighted by atomic mass is 10.2. The molecule has 1 aromatic heterocycles. The molecule has 5 heteroatoms. The molecule has 3 nitrogen and oxygen atoms in total. The number of thiophene rings is 1. The lowest BCUT2D eigenvalue weighted by Crippen LogP contribution is -2.29. The predicted octanol–water partition coefficient (Wildman–Crippen LogP) is 4.62. The molecule has 0 aliphatic carbocycles. The molecular formula is C14H13N3S2. The fourth-order valence-corrected chi connectivity index (χ4v) is 3.41. The topological polar surface area (TPSA) is 50.7 Å². The fourth-order valence-electron chi connectivity index (χ4n) is 1.81. The Labute approximate surface area is 120 Å². The van der Waals surface area contributed by atoms with Gasteiger partial charge in [-0.2, -0.15) is 5.11 Å². The third kappa shape index (κ3) is 2.94. The van der Waals surface area contributed by atoms with Crippen molar-refractivity contribution in [1.29, 1.82) is 0 Å². The number of azo groups is 1. The number of nitrogens with zero attached hydrogens (tertiary/aromatic N) is 2. The van der Waals surface area contributed by atoms with Crippen LogP contribution in [0.4, 0.5) is 5.00 Å². The molecule has 0 fully saturated rings. The molecule has 1 aliphatic heterocycles. The van der Waals surface area contributed by atoms with Crippen molar-refractivity contribution in [2.24, 2.45) is 16.0 Å². The molecule has 3 rings (SSSR count). The van der Waals surface area contributed by atoms with Gasteiger partial charge in [0.2, 0.25) is 0 Å². The summed E-state index contributed by atoms with van der Waals surface area (Å²) in [6, 6.07) is 14.1. The Morgan fingerprint density at radius 1 is 1.11 bits per heavy atom. The van der Waals surface area contributed by atoms with Gasteiger partial charge in [0.25, 0.3) is 0 Å². The van der Waals surface area contributed by atoms with E-state index in [4.69, 9.17) is 5.73 Å². The number of hydrogen-bond donors (Lipinski definition) is 1. The van der Waals surface area contributed by atoms with Crippen LogP contribution in [-0.4, -0.2) is 4.99 Å². The molecule has 1 aromatic carbocycles. The Morgan fingerprint density at radius 3 is 2.68 bits per heavy atom. The average Bonchev–Trinajstić information content (AvgIpc) is 3.08. The zero-order valence-electron chi connectivity index (χ0n) is 10.2. The second kappa shape index (κ2) is 5.28. The number of thioether (sulfide) groups is 1. The minimum atomic E-state index is -0.671. The smallest absolute Gasteiger partial charge is 0.184 e. The number of nitrogens with two attached hydrogens (primary N) is 1. The van der Waals surface area contributed by atoms with Gasteiger partial charge in [-0.1, -0.05) is 48.2 Å². The van der Waals surface area contributed by atoms with Gasteiger partial charge in [-0.15, -0.1) is 16.5 Å². The van der Waals surface area contributed by atoms with Gasteiger partial charge < -0.3 is 0 Å². The van der Waals surface area contributed by atoms with Gasteiger partial charge in [0, 0.05) is 11.3 Å². The van der Waals surface area contributed by atoms with Crippen LogP contribution in [0.2, 0.25) is 0 Å². The van der Waals surface area contributed by atoms with Gasteiger partial charge in [0.15, 0.2) is 4.99 Å². The Kier molecular flexibility index (Phi) is 3.50. The van der Waals surface area contributed by atoms with E-state index in [-0.39, 0.29) is 0 Å². The second-order valence-electron chi connectivity index (χ2n) is 4.24. The average molecular weight is 287 g/mol. The van der Waals surface area contributed by atoms with Gasteiger partial charge in [-0.05, 0) is 23.1 Å². The van der Waals surface area contributed by atoms with Crippen molar-refractivity contribution in [1.82, 2.24) is 0 Å². The molecule has 2 aromatic rings. The molecule has 1 unspecified atom stereocenters. The Morgan fingerprint density at radius 2 is 1.95 bits per heavy atom. The van der Waals surface area contributed by atoms with Crippen molar-refractivity contribution in [3.05, 3.63) is 59.5 Å². The second-order valence-corrected chi connectivity index (χ2v) is 6.51. The van der Waals surface area contributed by atoms with E-state index in [1.165, 1.54) is 10.5 Å². The van der Waals surface area contributed by atoms with Gasteiger partial charge in [0.05, 0.1) is 0 Å². The molecule has 1 aliphatic rings. The SMILES string of the molecule is NC1(N=Nc2cccs2)CC=C(c2ccccc2)S1. The molecule has 0 saturated carbocycles. The minimum absolute atomic E-state index is 0.671. The van der Waals surface area contributed by atoms with Crippen molar-refractivity contribution in [3.8, 4) is 0 Å². The third-order valence-corrected chi connectivity index (χ3v) is 4.73. The van der Waals surface area contributed by atoms with Crippen LogP contribution >= 0.6 is 23.1 Å². The monoisotopic (exact) mass is 287 g/mol. The van der Waals surface area contributed by atoms with Crippen LogP contribution in [0.3, 0.4) is 0 Å². The Balaban J connectivity index is 1.73. The zero-order chi connectivity index (χ0) is 13.1. The molecule has 2 N–H and O–H groups in total. The van der Waals surface area contributed by atoms with Gasteiger partial charge in [0.1, 0.15) is 5.00 Å². The lowest BCUT2D eigenvalue weighted by molar-refractivity contribution is 0.633. The maximum absolute atomic E-state index is 6.26. The quantitative estimate of drug-likeness (QED) is 0.837. The first-order valence-electron chi connectivity index (χ1n) is 5.95. The molecule has 0 saturated heterocycles. The van der Waals surface area contributed by atoms with E-state index in [0.717, 1.165) is 5.00 Å². The standard InChI is InChI=1S/C14H13N3S2/c15-14(17-16-13-7-4-10-18-13)9-8-12(19-14)11-5-2-1-3-6-11/h1-8,10H,9,15H2. The summed E-state index contributed by atoms with van der Waals surface area (Å²) >= 11 is 3.13. The molecular weight excluding hydrogens is 274 g/mol. The van der Waals surface area contributed by atoms with E-state index in [1.54, 1.807) is 23.1 Å². The molecule has 0 spiro atoms. The van der Waals surface area contributed by atoms with Crippen LogP contribution in [0.5, 0.6) is 0 Å². The maximum Gasteiger partial charge on any atom is 0.184 e. The van der Waals surface area contributed by atoms with Crippen molar-refractivity contribution < 1.29 is 0 Å². The van der Waals surface area contributed by atoms with Crippen molar-refractivity contribution in [2.75, 3.05) is 0 Å². The van der Waals surface area contributed by atoms with Gasteiger partial charge >= 0.3 is 0 Å². The number of hydrogen-bond acceptors (Lipinski definition) is 5. The number of benzene rings is 1. The summed E-state index contributed by atoms with van der Waals surface area (Å²) in [5, 5.41) is 11.4. The van der Waals surface area contributed by atoms with Crippen LogP contribution in [-0.2, 0) is 0 Å². The highest BCUT2D eigenvalue weighted by atomic mass is 32.2. The minimum Gasteiger partial charge on any atom is -0.296 e. The van der Waals surface area contributed by atoms with Crippen LogP contribution in [0.15, 0.2) is 64.1 Å². The highest BCUT2D eigenvalue weighted by Gasteiger charge is 2.32. The first-order chi connectivity index (χ1) is 9.25. The first-order valence-corrected chi connectivity index (χ1v) is 7.65. The Hall–Kier alpha value is -1.43. The normalized spacial score (nSPS) is 22.9. The van der Waals surface area contributed by atoms with Crippen LogP contribution in [0, 0.1) is 0 Å². The van der Waals surface area contributed by atoms with Crippen molar-refractivity contribution in [3.63, 3.8) is 0 Å². The summed E-state index contributed by atoms with van der Waals surface area (Å²) in [4.78, 5) is 0.503. The van der Waals surface area contributed by atoms with E-state index in [2.05, 4.69) is 28.4 Å². The molecule has 0 bridgehead atoms. The number of rotatable bonds is 3. The summed E-state index contributed by atoms with van der Waals surface area (Å²) in [6.07, 6.45) is 2.84. The van der Waals surface area contributed by atoms with E-state index < -0.39 is 4.99 Å². The van der Waals surface area contributed by atoms with E-state index in [0.29, 0.717) is 6.42 Å². The molecule has 1 atom stereocenters. The van der Waals surface area contributed by atoms with Crippen LogP contribution in [0.25, 0.3) is 4.91 Å². The maximum atomic E-state index is 6.26. The molecule has 96 valence electrons. The molecule has 0 amide bonds. The van der Waals surface area contributed by atoms with Crippen molar-refractivity contribution >= 4 is 33.0 Å². The first kappa shape index (κ1) is 12.6. The van der Waals surface area contributed by atoms with E-state index in [1.807, 2.05) is 35.7 Å². The van der Waals surface area contributed by atoms with Crippen LogP contribution in [0.1, 0.15) is 12.0 Å². The summed E-state index contributed by atoms with van der Waals surface area (Å²) in [5.74, 6) is 0. The van der Waals surface area contributed by atoms with Crippen LogP contribution < -0.4 is 5.73 Å². The van der Waals surface area contributed by atoms with Crippen molar-refractivity contribution in [2.45, 2.75) is 11.4 Å². The largest absolute Gasteiger partial charge is 0.296 e. The Bertz CT molecular complexity index is 605. The summed E-state index contributed by atoms with van der Waals surface area (Å²) in [5.41, 5.74) is 7.44.